The molecule has 90 valence electrons. The van der Waals surface area contributed by atoms with Crippen molar-refractivity contribution in [2.75, 3.05) is 26.2 Å². The molecular weight excluding hydrogens is 204 g/mol. The highest BCUT2D eigenvalue weighted by molar-refractivity contribution is 4.83. The number of aromatic nitrogens is 2. The summed E-state index contributed by atoms with van der Waals surface area (Å²) in [4.78, 5) is 6.48. The number of rotatable bonds is 6. The minimum atomic E-state index is 0.669. The molecule has 1 aliphatic rings. The predicted octanol–water partition coefficient (Wildman–Crippen LogP) is 0.686. The average molecular weight is 224 g/mol. The van der Waals surface area contributed by atoms with Crippen molar-refractivity contribution in [3.8, 4) is 0 Å². The average Bonchev–Trinajstić information content (AvgIpc) is 2.95. The highest BCUT2D eigenvalue weighted by atomic mass is 16.5. The first-order chi connectivity index (χ1) is 7.88. The number of hydrogen-bond donors (Lipinski definition) is 1. The molecule has 1 saturated heterocycles. The molecule has 2 rings (SSSR count). The van der Waals surface area contributed by atoms with Crippen molar-refractivity contribution in [1.29, 1.82) is 0 Å². The van der Waals surface area contributed by atoms with Crippen LogP contribution < -0.4 is 5.32 Å². The zero-order valence-electron chi connectivity index (χ0n) is 9.85. The summed E-state index contributed by atoms with van der Waals surface area (Å²) >= 11 is 0. The van der Waals surface area contributed by atoms with E-state index in [4.69, 9.17) is 4.52 Å². The van der Waals surface area contributed by atoms with E-state index in [1.807, 2.05) is 0 Å². The van der Waals surface area contributed by atoms with E-state index < -0.39 is 0 Å². The van der Waals surface area contributed by atoms with Gasteiger partial charge in [-0.05, 0) is 25.9 Å². The molecule has 2 heterocycles. The summed E-state index contributed by atoms with van der Waals surface area (Å²) in [5.41, 5.74) is 0. The summed E-state index contributed by atoms with van der Waals surface area (Å²) in [5, 5.41) is 7.17. The molecule has 0 spiro atoms. The molecule has 0 radical (unpaired) electrons. The quantitative estimate of drug-likeness (QED) is 0.770. The van der Waals surface area contributed by atoms with E-state index in [1.54, 1.807) is 0 Å². The largest absolute Gasteiger partial charge is 0.340 e. The standard InChI is InChI=1S/C11H20N4O/c1-2-5-12-10-3-6-15(8-10)7-4-11-13-9-14-16-11/h9-10,12H,2-8H2,1H3. The van der Waals surface area contributed by atoms with Crippen LogP contribution in [-0.4, -0.2) is 47.3 Å². The third-order valence-electron chi connectivity index (χ3n) is 3.00. The van der Waals surface area contributed by atoms with Gasteiger partial charge in [0.1, 0.15) is 0 Å². The maximum absolute atomic E-state index is 4.98. The summed E-state index contributed by atoms with van der Waals surface area (Å²) in [6.07, 6.45) is 4.79. The van der Waals surface area contributed by atoms with Gasteiger partial charge in [-0.25, -0.2) is 0 Å². The maximum atomic E-state index is 4.98. The van der Waals surface area contributed by atoms with Gasteiger partial charge in [0.15, 0.2) is 6.33 Å². The van der Waals surface area contributed by atoms with Crippen LogP contribution in [0.3, 0.4) is 0 Å². The second-order valence-corrected chi connectivity index (χ2v) is 4.33. The van der Waals surface area contributed by atoms with Crippen molar-refractivity contribution in [2.45, 2.75) is 32.2 Å². The minimum absolute atomic E-state index is 0.669. The molecule has 5 heteroatoms. The van der Waals surface area contributed by atoms with Crippen LogP contribution in [0.1, 0.15) is 25.7 Å². The van der Waals surface area contributed by atoms with Gasteiger partial charge in [-0.1, -0.05) is 12.1 Å². The zero-order valence-corrected chi connectivity index (χ0v) is 9.85. The van der Waals surface area contributed by atoms with E-state index in [9.17, 15) is 0 Å². The molecule has 0 aliphatic carbocycles. The fourth-order valence-corrected chi connectivity index (χ4v) is 2.11. The summed E-state index contributed by atoms with van der Waals surface area (Å²) in [7, 11) is 0. The minimum Gasteiger partial charge on any atom is -0.340 e. The zero-order chi connectivity index (χ0) is 11.2. The van der Waals surface area contributed by atoms with Crippen molar-refractivity contribution in [1.82, 2.24) is 20.4 Å². The van der Waals surface area contributed by atoms with Gasteiger partial charge >= 0.3 is 0 Å². The first-order valence-electron chi connectivity index (χ1n) is 6.09. The maximum Gasteiger partial charge on any atom is 0.227 e. The molecule has 1 aromatic heterocycles. The van der Waals surface area contributed by atoms with Gasteiger partial charge in [-0.2, -0.15) is 4.98 Å². The molecule has 16 heavy (non-hydrogen) atoms. The molecule has 1 aromatic rings. The molecular formula is C11H20N4O. The number of likely N-dealkylation sites (tertiary alicyclic amines) is 1. The van der Waals surface area contributed by atoms with Crippen LogP contribution in [0.4, 0.5) is 0 Å². The summed E-state index contributed by atoms with van der Waals surface area (Å²) in [6.45, 7) is 6.67. The van der Waals surface area contributed by atoms with Crippen LogP contribution in [0.15, 0.2) is 10.9 Å². The number of hydrogen-bond acceptors (Lipinski definition) is 5. The Kier molecular flexibility index (Phi) is 4.30. The Balaban J connectivity index is 1.65. The third-order valence-corrected chi connectivity index (χ3v) is 3.00. The van der Waals surface area contributed by atoms with Crippen molar-refractivity contribution in [2.24, 2.45) is 0 Å². The highest BCUT2D eigenvalue weighted by Gasteiger charge is 2.21. The van der Waals surface area contributed by atoms with Crippen LogP contribution in [0.5, 0.6) is 0 Å². The normalized spacial score (nSPS) is 21.7. The smallest absolute Gasteiger partial charge is 0.227 e. The van der Waals surface area contributed by atoms with Gasteiger partial charge in [0.2, 0.25) is 5.89 Å². The first-order valence-corrected chi connectivity index (χ1v) is 6.09. The van der Waals surface area contributed by atoms with E-state index >= 15 is 0 Å². The number of nitrogens with one attached hydrogen (secondary N) is 1. The van der Waals surface area contributed by atoms with Crippen molar-refractivity contribution < 1.29 is 4.52 Å². The fourth-order valence-electron chi connectivity index (χ4n) is 2.11. The molecule has 1 atom stereocenters. The predicted molar refractivity (Wildman–Crippen MR) is 61.1 cm³/mol. The lowest BCUT2D eigenvalue weighted by Gasteiger charge is -2.15. The molecule has 5 nitrogen and oxygen atoms in total. The van der Waals surface area contributed by atoms with Gasteiger partial charge in [0.05, 0.1) is 0 Å². The Morgan fingerprint density at radius 2 is 2.56 bits per heavy atom. The Hall–Kier alpha value is -0.940. The van der Waals surface area contributed by atoms with Crippen molar-refractivity contribution >= 4 is 0 Å². The van der Waals surface area contributed by atoms with Crippen molar-refractivity contribution in [3.63, 3.8) is 0 Å². The molecule has 1 fully saturated rings. The lowest BCUT2D eigenvalue weighted by Crippen LogP contribution is -2.33. The van der Waals surface area contributed by atoms with Crippen LogP contribution in [0.2, 0.25) is 0 Å². The molecule has 1 aliphatic heterocycles. The summed E-state index contributed by atoms with van der Waals surface area (Å²) in [5.74, 6) is 0.741. The van der Waals surface area contributed by atoms with E-state index in [2.05, 4.69) is 27.3 Å². The van der Waals surface area contributed by atoms with Crippen LogP contribution in [0, 0.1) is 0 Å². The Bertz CT molecular complexity index is 288. The van der Waals surface area contributed by atoms with Gasteiger partial charge in [0.25, 0.3) is 0 Å². The highest BCUT2D eigenvalue weighted by Crippen LogP contribution is 2.09. The van der Waals surface area contributed by atoms with E-state index in [0.29, 0.717) is 6.04 Å². The molecule has 0 saturated carbocycles. The van der Waals surface area contributed by atoms with Gasteiger partial charge in [-0.3, -0.25) is 0 Å². The monoisotopic (exact) mass is 224 g/mol. The lowest BCUT2D eigenvalue weighted by molar-refractivity contribution is 0.304. The molecule has 0 aromatic carbocycles. The molecule has 0 amide bonds. The Morgan fingerprint density at radius 1 is 1.62 bits per heavy atom. The number of nitrogens with zero attached hydrogens (tertiary/aromatic N) is 3. The molecule has 1 N–H and O–H groups in total. The molecule has 1 unspecified atom stereocenters. The summed E-state index contributed by atoms with van der Waals surface area (Å²) < 4.78 is 4.98. The SMILES string of the molecule is CCCNC1CCN(CCc2ncno2)C1. The molecule has 0 bridgehead atoms. The van der Waals surface area contributed by atoms with Gasteiger partial charge in [0, 0.05) is 25.6 Å². The van der Waals surface area contributed by atoms with Crippen LogP contribution >= 0.6 is 0 Å². The van der Waals surface area contributed by atoms with E-state index in [0.717, 1.165) is 31.9 Å². The van der Waals surface area contributed by atoms with Gasteiger partial charge in [-0.15, -0.1) is 0 Å². The topological polar surface area (TPSA) is 54.2 Å². The Morgan fingerprint density at radius 3 is 3.31 bits per heavy atom. The second kappa shape index (κ2) is 5.96. The van der Waals surface area contributed by atoms with Crippen LogP contribution in [0.25, 0.3) is 0 Å². The van der Waals surface area contributed by atoms with Crippen LogP contribution in [-0.2, 0) is 6.42 Å². The van der Waals surface area contributed by atoms with Crippen molar-refractivity contribution in [3.05, 3.63) is 12.2 Å². The Labute approximate surface area is 96.2 Å². The fraction of sp³-hybridized carbons (Fsp3) is 0.818. The van der Waals surface area contributed by atoms with E-state index in [-0.39, 0.29) is 0 Å². The van der Waals surface area contributed by atoms with E-state index in [1.165, 1.54) is 25.7 Å². The summed E-state index contributed by atoms with van der Waals surface area (Å²) in [6, 6.07) is 0.669. The third kappa shape index (κ3) is 3.28. The van der Waals surface area contributed by atoms with Gasteiger partial charge < -0.3 is 14.7 Å². The first kappa shape index (κ1) is 11.5. The second-order valence-electron chi connectivity index (χ2n) is 4.33. The lowest BCUT2D eigenvalue weighted by atomic mass is 10.2.